The molecule has 29 heavy (non-hydrogen) atoms. The summed E-state index contributed by atoms with van der Waals surface area (Å²) in [4.78, 5) is 25.6. The molecule has 2 saturated heterocycles. The van der Waals surface area contributed by atoms with Crippen molar-refractivity contribution in [1.82, 2.24) is 9.80 Å². The molecule has 1 amide bonds. The van der Waals surface area contributed by atoms with E-state index >= 15 is 0 Å². The van der Waals surface area contributed by atoms with E-state index in [9.17, 15) is 18.0 Å². The van der Waals surface area contributed by atoms with Crippen molar-refractivity contribution in [1.29, 1.82) is 0 Å². The fourth-order valence-corrected chi connectivity index (χ4v) is 4.53. The number of fused-ring (bicyclic) bond motifs is 1. The van der Waals surface area contributed by atoms with Crippen LogP contribution in [-0.2, 0) is 19.1 Å². The lowest BCUT2D eigenvalue weighted by Crippen LogP contribution is -2.57. The Bertz CT molecular complexity index is 579. The van der Waals surface area contributed by atoms with E-state index in [4.69, 9.17) is 19.4 Å². The van der Waals surface area contributed by atoms with Gasteiger partial charge in [-0.15, -0.1) is 0 Å². The van der Waals surface area contributed by atoms with E-state index in [0.29, 0.717) is 6.04 Å². The molecule has 166 valence electrons. The second-order valence-corrected chi connectivity index (χ2v) is 8.04. The number of alkyl halides is 3. The maximum atomic E-state index is 12.1. The van der Waals surface area contributed by atoms with Crippen LogP contribution in [-0.4, -0.2) is 90.1 Å². The van der Waals surface area contributed by atoms with E-state index in [1.807, 2.05) is 4.90 Å². The maximum Gasteiger partial charge on any atom is 0.490 e. The van der Waals surface area contributed by atoms with Gasteiger partial charge in [0.05, 0.1) is 18.8 Å². The van der Waals surface area contributed by atoms with Gasteiger partial charge in [-0.2, -0.15) is 13.2 Å². The zero-order valence-corrected chi connectivity index (χ0v) is 16.4. The lowest BCUT2D eigenvalue weighted by molar-refractivity contribution is -0.192. The number of carboxylic acid groups (broad SMARTS) is 1. The van der Waals surface area contributed by atoms with Crippen LogP contribution < -0.4 is 0 Å². The van der Waals surface area contributed by atoms with E-state index in [-0.39, 0.29) is 24.7 Å². The largest absolute Gasteiger partial charge is 0.490 e. The molecule has 10 heteroatoms. The highest BCUT2D eigenvalue weighted by Crippen LogP contribution is 2.37. The Morgan fingerprint density at radius 2 is 1.69 bits per heavy atom. The van der Waals surface area contributed by atoms with Crippen molar-refractivity contribution in [3.8, 4) is 0 Å². The lowest BCUT2D eigenvalue weighted by Gasteiger charge is -2.46. The van der Waals surface area contributed by atoms with E-state index < -0.39 is 12.1 Å². The van der Waals surface area contributed by atoms with Gasteiger partial charge in [0, 0.05) is 31.7 Å². The van der Waals surface area contributed by atoms with E-state index in [1.165, 1.54) is 19.3 Å². The van der Waals surface area contributed by atoms with Crippen molar-refractivity contribution in [2.45, 2.75) is 75.4 Å². The van der Waals surface area contributed by atoms with Crippen LogP contribution in [0.15, 0.2) is 0 Å². The molecular formula is C19H29F3N2O5. The minimum absolute atomic E-state index is 0.111. The van der Waals surface area contributed by atoms with Gasteiger partial charge in [0.15, 0.2) is 0 Å². The smallest absolute Gasteiger partial charge is 0.475 e. The Morgan fingerprint density at radius 3 is 2.24 bits per heavy atom. The minimum Gasteiger partial charge on any atom is -0.475 e. The summed E-state index contributed by atoms with van der Waals surface area (Å²) >= 11 is 0. The summed E-state index contributed by atoms with van der Waals surface area (Å²) in [5.41, 5.74) is 0. The average Bonchev–Trinajstić information content (AvgIpc) is 3.28. The first-order chi connectivity index (χ1) is 13.8. The summed E-state index contributed by atoms with van der Waals surface area (Å²) in [6, 6.07) is 1.30. The first kappa shape index (κ1) is 22.3. The summed E-state index contributed by atoms with van der Waals surface area (Å²) in [5, 5.41) is 7.12. The number of aliphatic carboxylic acids is 1. The molecule has 1 N–H and O–H groups in total. The fourth-order valence-electron chi connectivity index (χ4n) is 4.53. The molecule has 0 aromatic heterocycles. The van der Waals surface area contributed by atoms with Gasteiger partial charge >= 0.3 is 12.1 Å². The number of ether oxygens (including phenoxy) is 2. The molecule has 0 aromatic carbocycles. The highest BCUT2D eigenvalue weighted by atomic mass is 19.4. The molecule has 4 fully saturated rings. The van der Waals surface area contributed by atoms with Crippen LogP contribution >= 0.6 is 0 Å². The van der Waals surface area contributed by atoms with Crippen LogP contribution in [0.25, 0.3) is 0 Å². The minimum atomic E-state index is -5.08. The van der Waals surface area contributed by atoms with Crippen LogP contribution in [0, 0.1) is 0 Å². The number of nitrogens with zero attached hydrogens (tertiary/aromatic N) is 2. The monoisotopic (exact) mass is 422 g/mol. The normalized spacial score (nSPS) is 30.3. The molecule has 2 aliphatic carbocycles. The summed E-state index contributed by atoms with van der Waals surface area (Å²) in [6.45, 7) is 3.94. The Balaban J connectivity index is 0.000000298. The standard InChI is InChI=1S/C17H28N2O3.C2HF3O2/c20-16(18-8-1-2-9-18)12-22-15-7-6-14-17(15)21-11-10-19(14)13-4-3-5-13;3-2(4,5)1(6)7/h13-15,17H,1-12H2;(H,6,7)/t14-,15+,17+;/m0./s1. The number of hydrogen-bond donors (Lipinski definition) is 1. The molecule has 2 aliphatic heterocycles. The average molecular weight is 422 g/mol. The molecule has 2 saturated carbocycles. The van der Waals surface area contributed by atoms with Crippen molar-refractivity contribution in [3.05, 3.63) is 0 Å². The molecule has 0 aromatic rings. The molecule has 2 heterocycles. The van der Waals surface area contributed by atoms with Gasteiger partial charge in [0.1, 0.15) is 6.61 Å². The summed E-state index contributed by atoms with van der Waals surface area (Å²) in [7, 11) is 0. The molecule has 7 nitrogen and oxygen atoms in total. The Hall–Kier alpha value is -1.39. The van der Waals surface area contributed by atoms with Gasteiger partial charge in [0.25, 0.3) is 0 Å². The van der Waals surface area contributed by atoms with Crippen LogP contribution in [0.4, 0.5) is 13.2 Å². The van der Waals surface area contributed by atoms with E-state index in [2.05, 4.69) is 4.90 Å². The zero-order chi connectivity index (χ0) is 21.0. The Labute approximate surface area is 168 Å². The maximum absolute atomic E-state index is 12.1. The number of halogens is 3. The SMILES string of the molecule is O=C(CO[C@@H]1CC[C@H]2[C@H]1OCCN2C1CCC1)N1CCCC1.O=C(O)C(F)(F)F. The predicted molar refractivity (Wildman–Crippen MR) is 96.4 cm³/mol. The van der Waals surface area contributed by atoms with Crippen molar-refractivity contribution >= 4 is 11.9 Å². The lowest BCUT2D eigenvalue weighted by atomic mass is 9.89. The molecule has 0 unspecified atom stereocenters. The van der Waals surface area contributed by atoms with Gasteiger partial charge < -0.3 is 19.5 Å². The van der Waals surface area contributed by atoms with Gasteiger partial charge in [-0.1, -0.05) is 6.42 Å². The number of rotatable bonds is 4. The highest BCUT2D eigenvalue weighted by Gasteiger charge is 2.46. The Morgan fingerprint density at radius 1 is 1.03 bits per heavy atom. The molecule has 4 rings (SSSR count). The number of carboxylic acids is 1. The van der Waals surface area contributed by atoms with Gasteiger partial charge in [0.2, 0.25) is 5.91 Å². The van der Waals surface area contributed by atoms with Crippen molar-refractivity contribution in [3.63, 3.8) is 0 Å². The van der Waals surface area contributed by atoms with Crippen molar-refractivity contribution < 1.29 is 37.3 Å². The first-order valence-corrected chi connectivity index (χ1v) is 10.3. The quantitative estimate of drug-likeness (QED) is 0.747. The number of carbonyl (C=O) groups is 2. The molecular weight excluding hydrogens is 393 g/mol. The number of hydrogen-bond acceptors (Lipinski definition) is 5. The number of amides is 1. The third kappa shape index (κ3) is 5.61. The van der Waals surface area contributed by atoms with Crippen molar-refractivity contribution in [2.75, 3.05) is 32.8 Å². The third-order valence-electron chi connectivity index (χ3n) is 6.24. The molecule has 0 spiro atoms. The van der Waals surface area contributed by atoms with E-state index in [0.717, 1.165) is 58.0 Å². The van der Waals surface area contributed by atoms with Crippen molar-refractivity contribution in [2.24, 2.45) is 0 Å². The fraction of sp³-hybridized carbons (Fsp3) is 0.895. The number of likely N-dealkylation sites (tertiary alicyclic amines) is 1. The zero-order valence-electron chi connectivity index (χ0n) is 16.4. The van der Waals surface area contributed by atoms with Crippen LogP contribution in [0.3, 0.4) is 0 Å². The van der Waals surface area contributed by atoms with Gasteiger partial charge in [-0.3, -0.25) is 9.69 Å². The number of morpholine rings is 1. The predicted octanol–water partition coefficient (Wildman–Crippen LogP) is 2.04. The second-order valence-electron chi connectivity index (χ2n) is 8.04. The van der Waals surface area contributed by atoms with Crippen LogP contribution in [0.2, 0.25) is 0 Å². The van der Waals surface area contributed by atoms with Crippen LogP contribution in [0.5, 0.6) is 0 Å². The van der Waals surface area contributed by atoms with Crippen LogP contribution in [0.1, 0.15) is 44.9 Å². The summed E-state index contributed by atoms with van der Waals surface area (Å²) in [6.07, 6.45) is 3.75. The summed E-state index contributed by atoms with van der Waals surface area (Å²) in [5.74, 6) is -2.60. The highest BCUT2D eigenvalue weighted by molar-refractivity contribution is 5.77. The molecule has 0 bridgehead atoms. The molecule has 0 radical (unpaired) electrons. The van der Waals surface area contributed by atoms with E-state index in [1.54, 1.807) is 0 Å². The van der Waals surface area contributed by atoms with Gasteiger partial charge in [-0.25, -0.2) is 4.79 Å². The summed E-state index contributed by atoms with van der Waals surface area (Å²) < 4.78 is 43.7. The third-order valence-corrected chi connectivity index (χ3v) is 6.24. The topological polar surface area (TPSA) is 79.3 Å². The Kier molecular flexibility index (Phi) is 7.39. The number of carbonyl (C=O) groups excluding carboxylic acids is 1. The molecule has 4 aliphatic rings. The molecule has 3 atom stereocenters. The first-order valence-electron chi connectivity index (χ1n) is 10.3. The van der Waals surface area contributed by atoms with Gasteiger partial charge in [-0.05, 0) is 38.5 Å². The second kappa shape index (κ2) is 9.61.